The van der Waals surface area contributed by atoms with Crippen LogP contribution in [0.2, 0.25) is 0 Å². The van der Waals surface area contributed by atoms with Crippen LogP contribution in [0.5, 0.6) is 5.75 Å². The molecule has 0 aliphatic carbocycles. The van der Waals surface area contributed by atoms with Crippen molar-refractivity contribution in [1.29, 1.82) is 0 Å². The summed E-state index contributed by atoms with van der Waals surface area (Å²) >= 11 is 0. The Morgan fingerprint density at radius 1 is 1.20 bits per heavy atom. The molecule has 0 saturated carbocycles. The number of rotatable bonds is 7. The maximum atomic E-state index is 12.8. The van der Waals surface area contributed by atoms with Gasteiger partial charge in [-0.25, -0.2) is 4.39 Å². The van der Waals surface area contributed by atoms with E-state index in [1.165, 1.54) is 36.6 Å². The number of hydrogen-bond acceptors (Lipinski definition) is 5. The Morgan fingerprint density at radius 2 is 2.00 bits per heavy atom. The largest absolute Gasteiger partial charge is 0.486 e. The van der Waals surface area contributed by atoms with Gasteiger partial charge in [-0.2, -0.15) is 0 Å². The molecular weight excluding hydrogens is 329 g/mol. The molecular formula is C18H16FNO5. The van der Waals surface area contributed by atoms with Gasteiger partial charge in [0.25, 0.3) is 5.91 Å². The van der Waals surface area contributed by atoms with Crippen LogP contribution in [0.1, 0.15) is 28.1 Å². The number of aliphatic hydroxyl groups is 1. The van der Waals surface area contributed by atoms with Crippen molar-refractivity contribution in [1.82, 2.24) is 5.32 Å². The average molecular weight is 345 g/mol. The molecule has 2 heterocycles. The summed E-state index contributed by atoms with van der Waals surface area (Å²) < 4.78 is 28.9. The van der Waals surface area contributed by atoms with Gasteiger partial charge in [-0.05, 0) is 48.5 Å². The molecule has 1 unspecified atom stereocenters. The fourth-order valence-electron chi connectivity index (χ4n) is 2.19. The second kappa shape index (κ2) is 7.67. The topological polar surface area (TPSA) is 84.8 Å². The highest BCUT2D eigenvalue weighted by atomic mass is 19.1. The van der Waals surface area contributed by atoms with Gasteiger partial charge in [0.05, 0.1) is 12.9 Å². The summed E-state index contributed by atoms with van der Waals surface area (Å²) in [5.41, 5.74) is 0. The molecule has 130 valence electrons. The molecule has 0 saturated heterocycles. The smallest absolute Gasteiger partial charge is 0.287 e. The van der Waals surface area contributed by atoms with E-state index in [2.05, 4.69) is 5.32 Å². The number of aliphatic hydroxyl groups excluding tert-OH is 1. The van der Waals surface area contributed by atoms with Crippen LogP contribution in [-0.4, -0.2) is 17.6 Å². The maximum Gasteiger partial charge on any atom is 0.287 e. The highest BCUT2D eigenvalue weighted by Crippen LogP contribution is 2.17. The molecule has 25 heavy (non-hydrogen) atoms. The number of carbonyl (C=O) groups is 1. The zero-order chi connectivity index (χ0) is 17.6. The minimum atomic E-state index is -0.661. The zero-order valence-corrected chi connectivity index (χ0v) is 13.1. The second-order valence-electron chi connectivity index (χ2n) is 5.23. The number of halogens is 1. The first-order valence-corrected chi connectivity index (χ1v) is 7.58. The number of amides is 1. The van der Waals surface area contributed by atoms with E-state index >= 15 is 0 Å². The monoisotopic (exact) mass is 345 g/mol. The van der Waals surface area contributed by atoms with Crippen molar-refractivity contribution in [3.05, 3.63) is 77.9 Å². The molecule has 3 aromatic rings. The van der Waals surface area contributed by atoms with Gasteiger partial charge in [0, 0.05) is 0 Å². The van der Waals surface area contributed by atoms with Crippen molar-refractivity contribution in [2.24, 2.45) is 0 Å². The van der Waals surface area contributed by atoms with Gasteiger partial charge >= 0.3 is 0 Å². The summed E-state index contributed by atoms with van der Waals surface area (Å²) in [6.07, 6.45) is 1.46. The van der Waals surface area contributed by atoms with E-state index in [0.29, 0.717) is 17.3 Å². The van der Waals surface area contributed by atoms with Crippen molar-refractivity contribution in [3.63, 3.8) is 0 Å². The quantitative estimate of drug-likeness (QED) is 0.687. The Hall–Kier alpha value is -3.06. The van der Waals surface area contributed by atoms with Gasteiger partial charge in [-0.1, -0.05) is 0 Å². The normalized spacial score (nSPS) is 11.9. The lowest BCUT2D eigenvalue weighted by molar-refractivity contribution is 0.0875. The zero-order valence-electron chi connectivity index (χ0n) is 13.1. The van der Waals surface area contributed by atoms with Crippen LogP contribution >= 0.6 is 0 Å². The molecule has 0 aliphatic rings. The van der Waals surface area contributed by atoms with Gasteiger partial charge in [0.1, 0.15) is 35.7 Å². The Morgan fingerprint density at radius 3 is 2.68 bits per heavy atom. The molecule has 0 bridgehead atoms. The van der Waals surface area contributed by atoms with Crippen molar-refractivity contribution < 1.29 is 27.9 Å². The van der Waals surface area contributed by atoms with E-state index in [4.69, 9.17) is 13.6 Å². The molecule has 1 amide bonds. The number of carbonyl (C=O) groups excluding carboxylic acids is 1. The van der Waals surface area contributed by atoms with Gasteiger partial charge in [0.15, 0.2) is 5.76 Å². The van der Waals surface area contributed by atoms with Crippen LogP contribution < -0.4 is 10.1 Å². The summed E-state index contributed by atoms with van der Waals surface area (Å²) in [4.78, 5) is 12.2. The maximum absolute atomic E-state index is 12.8. The number of nitrogens with one attached hydrogen (secondary N) is 1. The first kappa shape index (κ1) is 16.8. The predicted octanol–water partition coefficient (Wildman–Crippen LogP) is 3.05. The Balaban J connectivity index is 1.58. The van der Waals surface area contributed by atoms with E-state index < -0.39 is 11.9 Å². The van der Waals surface area contributed by atoms with E-state index in [-0.39, 0.29) is 24.8 Å². The molecule has 3 rings (SSSR count). The highest BCUT2D eigenvalue weighted by molar-refractivity contribution is 5.91. The molecule has 6 nitrogen and oxygen atoms in total. The van der Waals surface area contributed by atoms with Crippen molar-refractivity contribution in [2.45, 2.75) is 12.6 Å². The van der Waals surface area contributed by atoms with Gasteiger partial charge in [0.2, 0.25) is 0 Å². The Kier molecular flexibility index (Phi) is 5.15. The first-order valence-electron chi connectivity index (χ1n) is 7.58. The summed E-state index contributed by atoms with van der Waals surface area (Å²) in [5, 5.41) is 12.0. The lowest BCUT2D eigenvalue weighted by Gasteiger charge is -2.12. The lowest BCUT2D eigenvalue weighted by Crippen LogP contribution is -2.30. The van der Waals surface area contributed by atoms with Crippen LogP contribution in [0.3, 0.4) is 0 Å². The van der Waals surface area contributed by atoms with E-state index in [0.717, 1.165) is 0 Å². The summed E-state index contributed by atoms with van der Waals surface area (Å²) in [5.74, 6) is 0.628. The van der Waals surface area contributed by atoms with Crippen LogP contribution in [-0.2, 0) is 6.61 Å². The molecule has 1 atom stereocenters. The fourth-order valence-corrected chi connectivity index (χ4v) is 2.19. The number of ether oxygens (including phenoxy) is 1. The van der Waals surface area contributed by atoms with Crippen LogP contribution in [0.25, 0.3) is 0 Å². The lowest BCUT2D eigenvalue weighted by atomic mass is 10.2. The van der Waals surface area contributed by atoms with Gasteiger partial charge in [-0.15, -0.1) is 0 Å². The van der Waals surface area contributed by atoms with Crippen molar-refractivity contribution in [3.8, 4) is 5.75 Å². The van der Waals surface area contributed by atoms with Crippen LogP contribution in [0, 0.1) is 5.82 Å². The van der Waals surface area contributed by atoms with Crippen LogP contribution in [0.4, 0.5) is 4.39 Å². The number of benzene rings is 1. The third kappa shape index (κ3) is 4.27. The highest BCUT2D eigenvalue weighted by Gasteiger charge is 2.19. The molecule has 2 aromatic heterocycles. The Labute approximate surface area is 142 Å². The van der Waals surface area contributed by atoms with Gasteiger partial charge < -0.3 is 24.0 Å². The summed E-state index contributed by atoms with van der Waals surface area (Å²) in [6, 6.07) is 11.4. The number of furan rings is 2. The van der Waals surface area contributed by atoms with Crippen molar-refractivity contribution >= 4 is 5.91 Å². The summed E-state index contributed by atoms with van der Waals surface area (Å²) in [7, 11) is 0. The molecule has 1 aromatic carbocycles. The predicted molar refractivity (Wildman–Crippen MR) is 85.4 cm³/mol. The molecule has 0 spiro atoms. The first-order chi connectivity index (χ1) is 12.2. The minimum absolute atomic E-state index is 0.0858. The average Bonchev–Trinajstić information content (AvgIpc) is 3.31. The minimum Gasteiger partial charge on any atom is -0.486 e. The fraction of sp³-hybridized carbons (Fsp3) is 0.167. The molecule has 0 radical (unpaired) electrons. The van der Waals surface area contributed by atoms with E-state index in [1.807, 2.05) is 0 Å². The molecule has 0 fully saturated rings. The molecule has 7 heteroatoms. The SMILES string of the molecule is O=C(NC(CO)c1ccco1)c1ccc(COc2ccc(F)cc2)o1. The number of hydrogen-bond donors (Lipinski definition) is 2. The Bertz CT molecular complexity index is 810. The van der Waals surface area contributed by atoms with Crippen molar-refractivity contribution in [2.75, 3.05) is 6.61 Å². The third-order valence-corrected chi connectivity index (χ3v) is 3.45. The van der Waals surface area contributed by atoms with E-state index in [9.17, 15) is 14.3 Å². The summed E-state index contributed by atoms with van der Waals surface area (Å²) in [6.45, 7) is -0.207. The second-order valence-corrected chi connectivity index (χ2v) is 5.23. The molecule has 0 aliphatic heterocycles. The van der Waals surface area contributed by atoms with E-state index in [1.54, 1.807) is 18.2 Å². The third-order valence-electron chi connectivity index (χ3n) is 3.45. The standard InChI is InChI=1S/C18H16FNO5/c19-12-3-5-13(6-4-12)24-11-14-7-8-17(25-14)18(22)20-15(10-21)16-2-1-9-23-16/h1-9,15,21H,10-11H2,(H,20,22). The molecule has 2 N–H and O–H groups in total. The van der Waals surface area contributed by atoms with Gasteiger partial charge in [-0.3, -0.25) is 4.79 Å². The van der Waals surface area contributed by atoms with Crippen LogP contribution in [0.15, 0.2) is 63.6 Å².